The van der Waals surface area contributed by atoms with Crippen molar-refractivity contribution in [2.45, 2.75) is 0 Å². The third-order valence-electron chi connectivity index (χ3n) is 4.45. The first-order valence-corrected chi connectivity index (χ1v) is 9.00. The lowest BCUT2D eigenvalue weighted by Gasteiger charge is -2.10. The SMILES string of the molecule is COc1cccc(/C=c2/[nH]c(=O)/c(=C\c3cccc(OC)c3OC)[nH]c2=O)c1OC. The average molecular weight is 410 g/mol. The van der Waals surface area contributed by atoms with E-state index in [1.807, 2.05) is 0 Å². The van der Waals surface area contributed by atoms with Crippen molar-refractivity contribution in [2.24, 2.45) is 0 Å². The van der Waals surface area contributed by atoms with Crippen molar-refractivity contribution in [3.63, 3.8) is 0 Å². The number of methoxy groups -OCH3 is 4. The Kier molecular flexibility index (Phi) is 6.26. The molecule has 0 saturated heterocycles. The van der Waals surface area contributed by atoms with Crippen LogP contribution in [0.1, 0.15) is 11.1 Å². The lowest BCUT2D eigenvalue weighted by atomic mass is 10.1. The summed E-state index contributed by atoms with van der Waals surface area (Å²) in [6.45, 7) is 0. The van der Waals surface area contributed by atoms with Gasteiger partial charge in [0.1, 0.15) is 10.7 Å². The van der Waals surface area contributed by atoms with Crippen LogP contribution in [0.3, 0.4) is 0 Å². The standard InChI is InChI=1S/C22H22N2O6/c1-27-17-9-5-7-13(19(17)29-3)11-15-21(25)24-16(22(26)23-15)12-14-8-6-10-18(28-2)20(14)30-4/h5-12H,1-4H3,(H,23,26)(H,24,25)/b15-11+,16-12+. The van der Waals surface area contributed by atoms with Gasteiger partial charge < -0.3 is 28.9 Å². The second kappa shape index (κ2) is 9.04. The Morgan fingerprint density at radius 3 is 1.37 bits per heavy atom. The van der Waals surface area contributed by atoms with Crippen LogP contribution in [0.25, 0.3) is 12.2 Å². The highest BCUT2D eigenvalue weighted by Gasteiger charge is 2.09. The first-order valence-electron chi connectivity index (χ1n) is 9.00. The zero-order valence-electron chi connectivity index (χ0n) is 17.1. The van der Waals surface area contributed by atoms with E-state index in [2.05, 4.69) is 9.97 Å². The fourth-order valence-corrected chi connectivity index (χ4v) is 3.06. The fourth-order valence-electron chi connectivity index (χ4n) is 3.06. The van der Waals surface area contributed by atoms with E-state index in [0.29, 0.717) is 34.1 Å². The van der Waals surface area contributed by atoms with Gasteiger partial charge >= 0.3 is 0 Å². The van der Waals surface area contributed by atoms with E-state index < -0.39 is 11.1 Å². The van der Waals surface area contributed by atoms with Gasteiger partial charge in [0.2, 0.25) is 0 Å². The predicted octanol–water partition coefficient (Wildman–Crippen LogP) is 0.755. The van der Waals surface area contributed by atoms with Crippen molar-refractivity contribution in [3.05, 3.63) is 78.9 Å². The lowest BCUT2D eigenvalue weighted by Crippen LogP contribution is -2.46. The average Bonchev–Trinajstić information content (AvgIpc) is 2.76. The smallest absolute Gasteiger partial charge is 0.272 e. The monoisotopic (exact) mass is 410 g/mol. The minimum Gasteiger partial charge on any atom is -0.493 e. The Bertz CT molecular complexity index is 1190. The van der Waals surface area contributed by atoms with Gasteiger partial charge in [-0.2, -0.15) is 0 Å². The highest BCUT2D eigenvalue weighted by Crippen LogP contribution is 2.31. The molecule has 8 nitrogen and oxygen atoms in total. The maximum absolute atomic E-state index is 12.6. The number of benzene rings is 2. The van der Waals surface area contributed by atoms with Crippen LogP contribution in [0.5, 0.6) is 23.0 Å². The summed E-state index contributed by atoms with van der Waals surface area (Å²) in [6.07, 6.45) is 3.05. The highest BCUT2D eigenvalue weighted by molar-refractivity contribution is 5.62. The van der Waals surface area contributed by atoms with E-state index in [9.17, 15) is 9.59 Å². The van der Waals surface area contributed by atoms with Crippen molar-refractivity contribution in [1.82, 2.24) is 9.97 Å². The number of para-hydroxylation sites is 2. The lowest BCUT2D eigenvalue weighted by molar-refractivity contribution is 0.354. The van der Waals surface area contributed by atoms with Gasteiger partial charge in [0.25, 0.3) is 11.1 Å². The molecular weight excluding hydrogens is 388 g/mol. The molecular formula is C22H22N2O6. The summed E-state index contributed by atoms with van der Waals surface area (Å²) in [4.78, 5) is 30.5. The molecule has 0 aliphatic heterocycles. The van der Waals surface area contributed by atoms with Crippen molar-refractivity contribution in [3.8, 4) is 23.0 Å². The molecule has 0 aliphatic carbocycles. The molecule has 2 N–H and O–H groups in total. The molecule has 156 valence electrons. The molecule has 0 saturated carbocycles. The van der Waals surface area contributed by atoms with E-state index in [1.165, 1.54) is 40.6 Å². The molecule has 30 heavy (non-hydrogen) atoms. The Labute approximate surface area is 172 Å². The maximum atomic E-state index is 12.6. The van der Waals surface area contributed by atoms with Gasteiger partial charge in [0.05, 0.1) is 28.4 Å². The fraction of sp³-hybridized carbons (Fsp3) is 0.182. The van der Waals surface area contributed by atoms with Crippen LogP contribution in [0.4, 0.5) is 0 Å². The molecule has 0 amide bonds. The Balaban J connectivity index is 2.18. The van der Waals surface area contributed by atoms with Crippen LogP contribution in [0.15, 0.2) is 46.0 Å². The first kappa shape index (κ1) is 20.8. The summed E-state index contributed by atoms with van der Waals surface area (Å²) in [5.41, 5.74) is 0.244. The van der Waals surface area contributed by atoms with Gasteiger partial charge in [-0.05, 0) is 24.3 Å². The number of nitrogens with one attached hydrogen (secondary N) is 2. The molecule has 3 rings (SSSR count). The zero-order valence-corrected chi connectivity index (χ0v) is 17.1. The topological polar surface area (TPSA) is 103 Å². The zero-order chi connectivity index (χ0) is 21.7. The summed E-state index contributed by atoms with van der Waals surface area (Å²) in [5, 5.41) is 0.169. The molecule has 3 aromatic rings. The van der Waals surface area contributed by atoms with Gasteiger partial charge in [0, 0.05) is 11.1 Å². The summed E-state index contributed by atoms with van der Waals surface area (Å²) < 4.78 is 21.3. The second-order valence-corrected chi connectivity index (χ2v) is 6.19. The van der Waals surface area contributed by atoms with Crippen molar-refractivity contribution >= 4 is 12.2 Å². The van der Waals surface area contributed by atoms with E-state index in [4.69, 9.17) is 18.9 Å². The van der Waals surface area contributed by atoms with Gasteiger partial charge in [-0.1, -0.05) is 24.3 Å². The van der Waals surface area contributed by atoms with Gasteiger partial charge in [-0.25, -0.2) is 0 Å². The largest absolute Gasteiger partial charge is 0.493 e. The van der Waals surface area contributed by atoms with E-state index in [1.54, 1.807) is 36.4 Å². The molecule has 1 aromatic heterocycles. The normalized spacial score (nSPS) is 12.0. The van der Waals surface area contributed by atoms with E-state index >= 15 is 0 Å². The highest BCUT2D eigenvalue weighted by atomic mass is 16.5. The maximum Gasteiger partial charge on any atom is 0.272 e. The van der Waals surface area contributed by atoms with Crippen LogP contribution >= 0.6 is 0 Å². The molecule has 0 radical (unpaired) electrons. The van der Waals surface area contributed by atoms with Crippen LogP contribution in [0, 0.1) is 0 Å². The Hall–Kier alpha value is -3.94. The Morgan fingerprint density at radius 1 is 0.633 bits per heavy atom. The summed E-state index contributed by atoms with van der Waals surface area (Å²) in [6, 6.07) is 10.5. The van der Waals surface area contributed by atoms with Crippen molar-refractivity contribution < 1.29 is 18.9 Å². The Morgan fingerprint density at radius 2 is 1.03 bits per heavy atom. The summed E-state index contributed by atoms with van der Waals surface area (Å²) in [5.74, 6) is 1.94. The third kappa shape index (κ3) is 4.07. The van der Waals surface area contributed by atoms with Crippen LogP contribution < -0.4 is 40.8 Å². The quantitative estimate of drug-likeness (QED) is 0.622. The number of hydrogen-bond donors (Lipinski definition) is 2. The number of H-pyrrole nitrogens is 2. The summed E-state index contributed by atoms with van der Waals surface area (Å²) >= 11 is 0. The number of ether oxygens (including phenoxy) is 4. The van der Waals surface area contributed by atoms with Crippen LogP contribution in [-0.2, 0) is 0 Å². The molecule has 0 spiro atoms. The molecule has 1 heterocycles. The van der Waals surface area contributed by atoms with Gasteiger partial charge in [-0.3, -0.25) is 9.59 Å². The number of aromatic nitrogens is 2. The molecule has 0 fully saturated rings. The first-order chi connectivity index (χ1) is 14.5. The molecule has 0 atom stereocenters. The molecule has 2 aromatic carbocycles. The third-order valence-corrected chi connectivity index (χ3v) is 4.45. The number of hydrogen-bond acceptors (Lipinski definition) is 6. The second-order valence-electron chi connectivity index (χ2n) is 6.19. The number of aromatic amines is 2. The van der Waals surface area contributed by atoms with Crippen molar-refractivity contribution in [2.75, 3.05) is 28.4 Å². The van der Waals surface area contributed by atoms with Gasteiger partial charge in [-0.15, -0.1) is 0 Å². The van der Waals surface area contributed by atoms with Crippen molar-refractivity contribution in [1.29, 1.82) is 0 Å². The van der Waals surface area contributed by atoms with Gasteiger partial charge in [0.15, 0.2) is 23.0 Å². The van der Waals surface area contributed by atoms with Crippen LogP contribution in [0.2, 0.25) is 0 Å². The molecule has 8 heteroatoms. The van der Waals surface area contributed by atoms with Crippen LogP contribution in [-0.4, -0.2) is 38.4 Å². The molecule has 0 aliphatic rings. The molecule has 0 unspecified atom stereocenters. The number of rotatable bonds is 6. The van der Waals surface area contributed by atoms with E-state index in [0.717, 1.165) is 0 Å². The predicted molar refractivity (Wildman–Crippen MR) is 113 cm³/mol. The molecule has 0 bridgehead atoms. The minimum atomic E-state index is -0.465. The summed E-state index contributed by atoms with van der Waals surface area (Å²) in [7, 11) is 6.05. The van der Waals surface area contributed by atoms with E-state index in [-0.39, 0.29) is 10.7 Å². The minimum absolute atomic E-state index is 0.0845.